The van der Waals surface area contributed by atoms with E-state index in [1.807, 2.05) is 12.1 Å². The lowest BCUT2D eigenvalue weighted by atomic mass is 10.2. The molecule has 0 heterocycles. The van der Waals surface area contributed by atoms with Crippen LogP contribution in [0.4, 0.5) is 10.1 Å². The molecule has 3 nitrogen and oxygen atoms in total. The molecule has 5 heteroatoms. The van der Waals surface area contributed by atoms with E-state index in [1.165, 1.54) is 6.07 Å². The Labute approximate surface area is 125 Å². The first kappa shape index (κ1) is 14.7. The normalized spacial score (nSPS) is 10.3. The summed E-state index contributed by atoms with van der Waals surface area (Å²) in [5, 5.41) is 5.67. The molecule has 0 aliphatic carbocycles. The van der Waals surface area contributed by atoms with E-state index in [0.29, 0.717) is 12.1 Å². The van der Waals surface area contributed by atoms with Gasteiger partial charge in [0.2, 0.25) is 5.91 Å². The topological polar surface area (TPSA) is 41.1 Å². The number of carbonyl (C=O) groups is 1. The lowest BCUT2D eigenvalue weighted by molar-refractivity contribution is -0.115. The number of hydrogen-bond donors (Lipinski definition) is 2. The van der Waals surface area contributed by atoms with Gasteiger partial charge in [0, 0.05) is 22.3 Å². The summed E-state index contributed by atoms with van der Waals surface area (Å²) in [6.07, 6.45) is 0. The largest absolute Gasteiger partial charge is 0.325 e. The number of benzene rings is 2. The van der Waals surface area contributed by atoms with Gasteiger partial charge in [-0.2, -0.15) is 0 Å². The zero-order chi connectivity index (χ0) is 14.4. The third-order valence-corrected chi connectivity index (χ3v) is 3.22. The molecule has 0 bridgehead atoms. The van der Waals surface area contributed by atoms with Crippen LogP contribution in [0.25, 0.3) is 0 Å². The van der Waals surface area contributed by atoms with Gasteiger partial charge in [-0.1, -0.05) is 34.1 Å². The van der Waals surface area contributed by atoms with Gasteiger partial charge in [-0.25, -0.2) is 4.39 Å². The Morgan fingerprint density at radius 3 is 2.50 bits per heavy atom. The highest BCUT2D eigenvalue weighted by molar-refractivity contribution is 9.10. The number of rotatable bonds is 5. The van der Waals surface area contributed by atoms with Crippen LogP contribution in [-0.2, 0) is 11.3 Å². The van der Waals surface area contributed by atoms with Crippen molar-refractivity contribution >= 4 is 27.5 Å². The molecule has 0 saturated carbocycles. The summed E-state index contributed by atoms with van der Waals surface area (Å²) in [6, 6.07) is 13.8. The van der Waals surface area contributed by atoms with Crippen LogP contribution < -0.4 is 10.6 Å². The molecule has 0 radical (unpaired) electrons. The van der Waals surface area contributed by atoms with Gasteiger partial charge < -0.3 is 10.6 Å². The van der Waals surface area contributed by atoms with Crippen molar-refractivity contribution in [1.82, 2.24) is 5.32 Å². The minimum atomic E-state index is -0.270. The van der Waals surface area contributed by atoms with Crippen molar-refractivity contribution in [1.29, 1.82) is 0 Å². The van der Waals surface area contributed by atoms with E-state index in [1.54, 1.807) is 30.3 Å². The average molecular weight is 337 g/mol. The molecular weight excluding hydrogens is 323 g/mol. The van der Waals surface area contributed by atoms with Crippen molar-refractivity contribution < 1.29 is 9.18 Å². The molecule has 0 saturated heterocycles. The van der Waals surface area contributed by atoms with E-state index < -0.39 is 0 Å². The van der Waals surface area contributed by atoms with Crippen LogP contribution in [0.3, 0.4) is 0 Å². The highest BCUT2D eigenvalue weighted by Gasteiger charge is 2.04. The van der Waals surface area contributed by atoms with Crippen molar-refractivity contribution in [3.63, 3.8) is 0 Å². The molecule has 0 aliphatic heterocycles. The molecule has 0 spiro atoms. The highest BCUT2D eigenvalue weighted by Crippen LogP contribution is 2.13. The quantitative estimate of drug-likeness (QED) is 0.879. The van der Waals surface area contributed by atoms with Crippen LogP contribution in [0.15, 0.2) is 53.0 Å². The van der Waals surface area contributed by atoms with Gasteiger partial charge in [-0.15, -0.1) is 0 Å². The summed E-state index contributed by atoms with van der Waals surface area (Å²) in [6.45, 7) is 0.449. The molecule has 0 fully saturated rings. The molecule has 2 aromatic carbocycles. The monoisotopic (exact) mass is 336 g/mol. The SMILES string of the molecule is O=C(CNCc1ccccc1F)Nc1ccc(Br)cc1. The Bertz CT molecular complexity index is 587. The smallest absolute Gasteiger partial charge is 0.238 e. The number of carbonyl (C=O) groups excluding carboxylic acids is 1. The predicted octanol–water partition coefficient (Wildman–Crippen LogP) is 3.32. The van der Waals surface area contributed by atoms with E-state index in [-0.39, 0.29) is 18.3 Å². The molecule has 104 valence electrons. The molecule has 0 aliphatic rings. The summed E-state index contributed by atoms with van der Waals surface area (Å²) >= 11 is 3.33. The predicted molar refractivity (Wildman–Crippen MR) is 80.9 cm³/mol. The van der Waals surface area contributed by atoms with Gasteiger partial charge in [0.25, 0.3) is 0 Å². The molecule has 0 atom stereocenters. The Hall–Kier alpha value is -1.72. The Balaban J connectivity index is 1.78. The summed E-state index contributed by atoms with van der Waals surface area (Å²) < 4.78 is 14.3. The van der Waals surface area contributed by atoms with E-state index in [0.717, 1.165) is 10.2 Å². The number of hydrogen-bond acceptors (Lipinski definition) is 2. The summed E-state index contributed by atoms with van der Waals surface area (Å²) in [7, 11) is 0. The van der Waals surface area contributed by atoms with Crippen molar-refractivity contribution in [3.8, 4) is 0 Å². The molecule has 2 rings (SSSR count). The lowest BCUT2D eigenvalue weighted by Crippen LogP contribution is -2.27. The van der Waals surface area contributed by atoms with Crippen LogP contribution in [0.1, 0.15) is 5.56 Å². The minimum Gasteiger partial charge on any atom is -0.325 e. The van der Waals surface area contributed by atoms with Crippen LogP contribution in [-0.4, -0.2) is 12.5 Å². The maximum atomic E-state index is 13.4. The van der Waals surface area contributed by atoms with Crippen molar-refractivity contribution in [2.75, 3.05) is 11.9 Å². The van der Waals surface area contributed by atoms with Gasteiger partial charge in [0.15, 0.2) is 0 Å². The van der Waals surface area contributed by atoms with E-state index in [9.17, 15) is 9.18 Å². The fourth-order valence-electron chi connectivity index (χ4n) is 1.69. The van der Waals surface area contributed by atoms with Gasteiger partial charge in [0.1, 0.15) is 5.82 Å². The second kappa shape index (κ2) is 7.17. The zero-order valence-electron chi connectivity index (χ0n) is 10.7. The van der Waals surface area contributed by atoms with E-state index in [2.05, 4.69) is 26.6 Å². The highest BCUT2D eigenvalue weighted by atomic mass is 79.9. The maximum Gasteiger partial charge on any atom is 0.238 e. The first-order chi connectivity index (χ1) is 9.65. The van der Waals surface area contributed by atoms with Gasteiger partial charge in [-0.05, 0) is 30.3 Å². The fourth-order valence-corrected chi connectivity index (χ4v) is 1.96. The van der Waals surface area contributed by atoms with Crippen molar-refractivity contribution in [2.45, 2.75) is 6.54 Å². The Morgan fingerprint density at radius 1 is 1.10 bits per heavy atom. The second-order valence-corrected chi connectivity index (χ2v) is 5.17. The molecule has 0 aromatic heterocycles. The maximum absolute atomic E-state index is 13.4. The van der Waals surface area contributed by atoms with Crippen LogP contribution in [0.2, 0.25) is 0 Å². The molecule has 2 N–H and O–H groups in total. The Morgan fingerprint density at radius 2 is 1.80 bits per heavy atom. The molecule has 0 unspecified atom stereocenters. The molecule has 1 amide bonds. The zero-order valence-corrected chi connectivity index (χ0v) is 12.3. The van der Waals surface area contributed by atoms with Crippen LogP contribution in [0.5, 0.6) is 0 Å². The summed E-state index contributed by atoms with van der Waals surface area (Å²) in [5.74, 6) is -0.433. The number of anilines is 1. The van der Waals surface area contributed by atoms with Crippen molar-refractivity contribution in [3.05, 3.63) is 64.4 Å². The van der Waals surface area contributed by atoms with Gasteiger partial charge in [0.05, 0.1) is 6.54 Å². The summed E-state index contributed by atoms with van der Waals surface area (Å²) in [5.41, 5.74) is 1.27. The number of amides is 1. The minimum absolute atomic E-state index is 0.129. The first-order valence-electron chi connectivity index (χ1n) is 6.15. The molecule has 2 aromatic rings. The standard InChI is InChI=1S/C15H14BrFN2O/c16-12-5-7-13(8-6-12)19-15(20)10-18-9-11-3-1-2-4-14(11)17/h1-8,18H,9-10H2,(H,19,20). The number of halogens is 2. The van der Waals surface area contributed by atoms with E-state index in [4.69, 9.17) is 0 Å². The van der Waals surface area contributed by atoms with E-state index >= 15 is 0 Å². The molecule has 20 heavy (non-hydrogen) atoms. The second-order valence-electron chi connectivity index (χ2n) is 4.25. The van der Waals surface area contributed by atoms with Crippen LogP contribution in [0, 0.1) is 5.82 Å². The van der Waals surface area contributed by atoms with Crippen LogP contribution >= 0.6 is 15.9 Å². The van der Waals surface area contributed by atoms with Gasteiger partial charge >= 0.3 is 0 Å². The fraction of sp³-hybridized carbons (Fsp3) is 0.133. The van der Waals surface area contributed by atoms with Crippen molar-refractivity contribution in [2.24, 2.45) is 0 Å². The molecular formula is C15H14BrFN2O. The number of nitrogens with one attached hydrogen (secondary N) is 2. The summed E-state index contributed by atoms with van der Waals surface area (Å²) in [4.78, 5) is 11.7. The third kappa shape index (κ3) is 4.43. The first-order valence-corrected chi connectivity index (χ1v) is 6.94. The Kier molecular flexibility index (Phi) is 5.26. The average Bonchev–Trinajstić information content (AvgIpc) is 2.43. The lowest BCUT2D eigenvalue weighted by Gasteiger charge is -2.07. The third-order valence-electron chi connectivity index (χ3n) is 2.69. The van der Waals surface area contributed by atoms with Gasteiger partial charge in [-0.3, -0.25) is 4.79 Å².